The summed E-state index contributed by atoms with van der Waals surface area (Å²) >= 11 is 5.77. The highest BCUT2D eigenvalue weighted by atomic mass is 35.5. The van der Waals surface area contributed by atoms with Crippen molar-refractivity contribution in [3.8, 4) is 0 Å². The van der Waals surface area contributed by atoms with E-state index in [0.29, 0.717) is 12.3 Å². The van der Waals surface area contributed by atoms with E-state index in [1.807, 2.05) is 13.8 Å². The van der Waals surface area contributed by atoms with E-state index in [4.69, 9.17) is 11.6 Å². The minimum absolute atomic E-state index is 0.114. The van der Waals surface area contributed by atoms with E-state index in [9.17, 15) is 18.3 Å². The maximum atomic E-state index is 12.4. The Morgan fingerprint density at radius 2 is 2.05 bits per heavy atom. The van der Waals surface area contributed by atoms with Crippen LogP contribution >= 0.6 is 11.6 Å². The number of nitrogens with one attached hydrogen (secondary N) is 1. The van der Waals surface area contributed by atoms with Crippen LogP contribution in [0.2, 0.25) is 5.02 Å². The smallest absolute Gasteiger partial charge is 0.394 e. The van der Waals surface area contributed by atoms with Crippen molar-refractivity contribution >= 4 is 17.4 Å². The van der Waals surface area contributed by atoms with Crippen molar-refractivity contribution in [1.29, 1.82) is 0 Å². The van der Waals surface area contributed by atoms with Crippen molar-refractivity contribution in [3.05, 3.63) is 22.8 Å². The molecule has 0 fully saturated rings. The number of hydrogen-bond acceptors (Lipinski definition) is 3. The zero-order valence-corrected chi connectivity index (χ0v) is 11.4. The van der Waals surface area contributed by atoms with Crippen molar-refractivity contribution in [3.63, 3.8) is 0 Å². The third-order valence-corrected chi connectivity index (χ3v) is 2.77. The Balaban J connectivity index is 2.85. The van der Waals surface area contributed by atoms with Gasteiger partial charge in [-0.05, 0) is 18.4 Å². The largest absolute Gasteiger partial charge is 0.417 e. The third kappa shape index (κ3) is 4.87. The van der Waals surface area contributed by atoms with E-state index in [-0.39, 0.29) is 23.5 Å². The van der Waals surface area contributed by atoms with Gasteiger partial charge in [0.1, 0.15) is 5.82 Å². The fourth-order valence-electron chi connectivity index (χ4n) is 1.64. The Hall–Kier alpha value is -1.01. The number of rotatable bonds is 5. The number of aliphatic hydroxyl groups excluding tert-OH is 1. The van der Waals surface area contributed by atoms with Crippen LogP contribution < -0.4 is 5.32 Å². The zero-order valence-electron chi connectivity index (χ0n) is 10.6. The molecule has 0 aliphatic carbocycles. The molecular weight excluding hydrogens is 281 g/mol. The van der Waals surface area contributed by atoms with E-state index in [0.717, 1.165) is 12.3 Å². The van der Waals surface area contributed by atoms with Gasteiger partial charge in [0.05, 0.1) is 23.2 Å². The van der Waals surface area contributed by atoms with Gasteiger partial charge in [0.2, 0.25) is 0 Å². The normalized spacial score (nSPS) is 13.7. The number of aliphatic hydroxyl groups is 1. The number of hydrogen-bond donors (Lipinski definition) is 2. The maximum Gasteiger partial charge on any atom is 0.417 e. The lowest BCUT2D eigenvalue weighted by Gasteiger charge is -2.19. The van der Waals surface area contributed by atoms with Crippen molar-refractivity contribution in [2.45, 2.75) is 32.5 Å². The summed E-state index contributed by atoms with van der Waals surface area (Å²) in [7, 11) is 0. The van der Waals surface area contributed by atoms with Gasteiger partial charge >= 0.3 is 6.18 Å². The number of halogens is 4. The topological polar surface area (TPSA) is 45.1 Å². The third-order valence-electron chi connectivity index (χ3n) is 2.49. The molecule has 0 saturated carbocycles. The van der Waals surface area contributed by atoms with Crippen molar-refractivity contribution in [2.24, 2.45) is 5.92 Å². The van der Waals surface area contributed by atoms with Crippen molar-refractivity contribution in [1.82, 2.24) is 4.98 Å². The van der Waals surface area contributed by atoms with E-state index < -0.39 is 11.7 Å². The van der Waals surface area contributed by atoms with E-state index >= 15 is 0 Å². The van der Waals surface area contributed by atoms with Crippen LogP contribution in [0.4, 0.5) is 19.0 Å². The van der Waals surface area contributed by atoms with E-state index in [1.165, 1.54) is 0 Å². The molecule has 1 heterocycles. The molecule has 108 valence electrons. The first kappa shape index (κ1) is 16.0. The molecular formula is C12H16ClF3N2O. The molecule has 1 rings (SSSR count). The van der Waals surface area contributed by atoms with Gasteiger partial charge in [-0.2, -0.15) is 13.2 Å². The lowest BCUT2D eigenvalue weighted by molar-refractivity contribution is -0.137. The van der Waals surface area contributed by atoms with Crippen molar-refractivity contribution in [2.75, 3.05) is 11.9 Å². The highest BCUT2D eigenvalue weighted by Gasteiger charge is 2.31. The van der Waals surface area contributed by atoms with E-state index in [1.54, 1.807) is 0 Å². The summed E-state index contributed by atoms with van der Waals surface area (Å²) < 4.78 is 37.3. The number of pyridine rings is 1. The van der Waals surface area contributed by atoms with Gasteiger partial charge in [0.15, 0.2) is 0 Å². The van der Waals surface area contributed by atoms with Gasteiger partial charge in [-0.15, -0.1) is 0 Å². The molecule has 0 saturated heterocycles. The first-order valence-corrected chi connectivity index (χ1v) is 6.22. The second kappa shape index (κ2) is 6.43. The summed E-state index contributed by atoms with van der Waals surface area (Å²) in [6, 6.07) is 0.530. The Morgan fingerprint density at radius 1 is 1.42 bits per heavy atom. The molecule has 1 aromatic heterocycles. The van der Waals surface area contributed by atoms with Gasteiger partial charge in [0.25, 0.3) is 0 Å². The minimum Gasteiger partial charge on any atom is -0.394 e. The molecule has 1 atom stereocenters. The van der Waals surface area contributed by atoms with Crippen LogP contribution in [0, 0.1) is 5.92 Å². The molecule has 0 unspecified atom stereocenters. The first-order valence-electron chi connectivity index (χ1n) is 5.84. The fourth-order valence-corrected chi connectivity index (χ4v) is 1.86. The number of anilines is 1. The van der Waals surface area contributed by atoms with Crippen LogP contribution in [0.15, 0.2) is 12.3 Å². The predicted octanol–water partition coefficient (Wildman–Crippen LogP) is 3.57. The Labute approximate surface area is 114 Å². The molecule has 0 spiro atoms. The molecule has 0 aliphatic heterocycles. The van der Waals surface area contributed by atoms with Crippen LogP contribution in [0.25, 0.3) is 0 Å². The van der Waals surface area contributed by atoms with Gasteiger partial charge < -0.3 is 10.4 Å². The molecule has 0 aromatic carbocycles. The summed E-state index contributed by atoms with van der Waals surface area (Å²) in [5.41, 5.74) is -0.896. The van der Waals surface area contributed by atoms with Crippen LogP contribution in [0.5, 0.6) is 0 Å². The summed E-state index contributed by atoms with van der Waals surface area (Å²) in [6.07, 6.45) is -3.09. The summed E-state index contributed by atoms with van der Waals surface area (Å²) in [5, 5.41) is 11.9. The molecule has 0 bridgehead atoms. The average Bonchev–Trinajstić information content (AvgIpc) is 2.28. The Morgan fingerprint density at radius 3 is 2.47 bits per heavy atom. The first-order chi connectivity index (χ1) is 8.74. The summed E-state index contributed by atoms with van der Waals surface area (Å²) in [4.78, 5) is 3.67. The van der Waals surface area contributed by atoms with Gasteiger partial charge in [-0.3, -0.25) is 0 Å². The Kier molecular flexibility index (Phi) is 5.43. The van der Waals surface area contributed by atoms with Gasteiger partial charge in [-0.1, -0.05) is 25.4 Å². The maximum absolute atomic E-state index is 12.4. The lowest BCUT2D eigenvalue weighted by Crippen LogP contribution is -2.26. The molecule has 7 heteroatoms. The van der Waals surface area contributed by atoms with Crippen LogP contribution in [0.3, 0.4) is 0 Å². The minimum atomic E-state index is -4.47. The van der Waals surface area contributed by atoms with Gasteiger partial charge in [0, 0.05) is 6.20 Å². The SMILES string of the molecule is CC(C)C[C@H](CO)Nc1ncc(C(F)(F)F)cc1Cl. The lowest BCUT2D eigenvalue weighted by atomic mass is 10.0. The average molecular weight is 297 g/mol. The predicted molar refractivity (Wildman–Crippen MR) is 68.2 cm³/mol. The molecule has 0 aliphatic rings. The fraction of sp³-hybridized carbons (Fsp3) is 0.583. The standard InChI is InChI=1S/C12H16ClF3N2O/c1-7(2)3-9(6-19)18-11-10(13)4-8(5-17-11)12(14,15)16/h4-5,7,9,19H,3,6H2,1-2H3,(H,17,18)/t9-/m1/s1. The summed E-state index contributed by atoms with van der Waals surface area (Å²) in [6.45, 7) is 3.81. The van der Waals surface area contributed by atoms with Crippen LogP contribution in [-0.4, -0.2) is 22.7 Å². The second-order valence-corrected chi connectivity index (χ2v) is 5.11. The monoisotopic (exact) mass is 296 g/mol. The van der Waals surface area contributed by atoms with E-state index in [2.05, 4.69) is 10.3 Å². The molecule has 0 radical (unpaired) electrons. The van der Waals surface area contributed by atoms with Crippen LogP contribution in [0.1, 0.15) is 25.8 Å². The number of nitrogens with zero attached hydrogens (tertiary/aromatic N) is 1. The highest BCUT2D eigenvalue weighted by Crippen LogP contribution is 2.32. The molecule has 3 nitrogen and oxygen atoms in total. The molecule has 2 N–H and O–H groups in total. The van der Waals surface area contributed by atoms with Crippen molar-refractivity contribution < 1.29 is 18.3 Å². The molecule has 1 aromatic rings. The Bertz CT molecular complexity index is 424. The summed E-state index contributed by atoms with van der Waals surface area (Å²) in [5.74, 6) is 0.479. The van der Waals surface area contributed by atoms with Crippen LogP contribution in [-0.2, 0) is 6.18 Å². The molecule has 19 heavy (non-hydrogen) atoms. The highest BCUT2D eigenvalue weighted by molar-refractivity contribution is 6.33. The molecule has 0 amide bonds. The second-order valence-electron chi connectivity index (χ2n) is 4.71. The number of alkyl halides is 3. The van der Waals surface area contributed by atoms with Gasteiger partial charge in [-0.25, -0.2) is 4.98 Å². The quantitative estimate of drug-likeness (QED) is 0.873. The zero-order chi connectivity index (χ0) is 14.6. The number of aromatic nitrogens is 1.